The Balaban J connectivity index is 2.66. The number of aliphatic carboxylic acids is 1. The quantitative estimate of drug-likeness (QED) is 0.0228. The van der Waals surface area contributed by atoms with E-state index in [4.69, 9.17) is 23.7 Å². The number of carboxylic acid groups (broad SMARTS) is 1. The first-order valence-electron chi connectivity index (χ1n) is 29.6. The zero-order valence-corrected chi connectivity index (χ0v) is 46.4. The smallest absolute Gasteiger partial charge is 0.335 e. The summed E-state index contributed by atoms with van der Waals surface area (Å²) in [4.78, 5) is 51.0. The van der Waals surface area contributed by atoms with Gasteiger partial charge in [0.15, 0.2) is 24.6 Å². The number of carboxylic acids is 1. The van der Waals surface area contributed by atoms with E-state index in [1.165, 1.54) is 135 Å². The summed E-state index contributed by atoms with van der Waals surface area (Å²) in [7, 11) is 0. The van der Waals surface area contributed by atoms with Gasteiger partial charge in [-0.05, 0) is 44.9 Å². The molecule has 1 saturated heterocycles. The third-order valence-electron chi connectivity index (χ3n) is 13.4. The Bertz CT molecular complexity index is 1460. The minimum Gasteiger partial charge on any atom is -0.479 e. The first-order chi connectivity index (χ1) is 35.6. The molecule has 1 fully saturated rings. The molecular weight excluding hydrogens is 925 g/mol. The van der Waals surface area contributed by atoms with Crippen LogP contribution in [0.3, 0.4) is 0 Å². The molecule has 1 aliphatic rings. The lowest BCUT2D eigenvalue weighted by Gasteiger charge is -2.40. The first-order valence-corrected chi connectivity index (χ1v) is 29.6. The molecule has 1 rings (SSSR count). The highest BCUT2D eigenvalue weighted by Gasteiger charge is 2.50. The summed E-state index contributed by atoms with van der Waals surface area (Å²) in [5.74, 6) is -3.21. The van der Waals surface area contributed by atoms with Crippen LogP contribution in [-0.2, 0) is 42.9 Å². The first kappa shape index (κ1) is 67.7. The molecule has 12 heteroatoms. The van der Waals surface area contributed by atoms with Crippen LogP contribution in [0.25, 0.3) is 0 Å². The van der Waals surface area contributed by atoms with Crippen molar-refractivity contribution in [2.24, 2.45) is 0 Å². The second-order valence-electron chi connectivity index (χ2n) is 20.3. The molecule has 73 heavy (non-hydrogen) atoms. The van der Waals surface area contributed by atoms with E-state index < -0.39 is 67.3 Å². The van der Waals surface area contributed by atoms with Crippen LogP contribution < -0.4 is 0 Å². The van der Waals surface area contributed by atoms with E-state index in [9.17, 15) is 34.5 Å². The lowest BCUT2D eigenvalue weighted by molar-refractivity contribution is -0.301. The van der Waals surface area contributed by atoms with Gasteiger partial charge in [-0.2, -0.15) is 0 Å². The molecule has 0 bridgehead atoms. The molecule has 1 heterocycles. The summed E-state index contributed by atoms with van der Waals surface area (Å²) in [6.45, 7) is 5.82. The van der Waals surface area contributed by atoms with E-state index in [0.717, 1.165) is 70.6 Å². The van der Waals surface area contributed by atoms with E-state index in [1.54, 1.807) is 0 Å². The third kappa shape index (κ3) is 39.7. The normalized spacial score (nSPS) is 18.6. The van der Waals surface area contributed by atoms with Crippen molar-refractivity contribution in [2.75, 3.05) is 13.2 Å². The number of hydrogen-bond acceptors (Lipinski definition) is 11. The number of aliphatic hydroxyl groups is 2. The fraction of sp³-hybridized carbons (Fsp3) is 0.803. The predicted molar refractivity (Wildman–Crippen MR) is 294 cm³/mol. The number of rotatable bonds is 50. The summed E-state index contributed by atoms with van der Waals surface area (Å²) in [5, 5.41) is 31.5. The van der Waals surface area contributed by atoms with Crippen molar-refractivity contribution in [2.45, 2.75) is 302 Å². The Morgan fingerprint density at radius 3 is 1.29 bits per heavy atom. The monoisotopic (exact) mass is 1030 g/mol. The van der Waals surface area contributed by atoms with Gasteiger partial charge < -0.3 is 39.0 Å². The lowest BCUT2D eigenvalue weighted by Crippen LogP contribution is -2.61. The summed E-state index contributed by atoms with van der Waals surface area (Å²) in [6.07, 6.45) is 46.8. The molecular formula is C61H106O12. The molecule has 0 aromatic carbocycles. The zero-order valence-electron chi connectivity index (χ0n) is 46.4. The molecule has 6 unspecified atom stereocenters. The number of esters is 3. The van der Waals surface area contributed by atoms with Gasteiger partial charge in [-0.3, -0.25) is 14.4 Å². The molecule has 0 radical (unpaired) electrons. The largest absolute Gasteiger partial charge is 0.479 e. The summed E-state index contributed by atoms with van der Waals surface area (Å²) >= 11 is 0. The maximum atomic E-state index is 13.1. The molecule has 422 valence electrons. The van der Waals surface area contributed by atoms with Gasteiger partial charge in [0, 0.05) is 19.3 Å². The van der Waals surface area contributed by atoms with Crippen LogP contribution in [0.2, 0.25) is 0 Å². The Labute approximate surface area is 443 Å². The predicted octanol–water partition coefficient (Wildman–Crippen LogP) is 15.0. The molecule has 0 aromatic rings. The topological polar surface area (TPSA) is 175 Å². The SMILES string of the molecule is CC/C=C\C/C=C\C/C=C\C/C=C\CCC(=O)OCC(COC1OC(C(=O)O)C(O)C(O)C1OC(=O)CCCCCCCCCCCCCCCCCCCCC)OC(=O)CCCCCCCCCCCCC. The van der Waals surface area contributed by atoms with Crippen molar-refractivity contribution in [3.05, 3.63) is 48.6 Å². The minimum absolute atomic E-state index is 0.0589. The molecule has 0 amide bonds. The lowest BCUT2D eigenvalue weighted by atomic mass is 9.98. The molecule has 6 atom stereocenters. The number of unbranched alkanes of at least 4 members (excludes halogenated alkanes) is 28. The van der Waals surface area contributed by atoms with Gasteiger partial charge in [0.05, 0.1) is 6.61 Å². The van der Waals surface area contributed by atoms with Crippen LogP contribution in [0.4, 0.5) is 0 Å². The van der Waals surface area contributed by atoms with Gasteiger partial charge in [-0.15, -0.1) is 0 Å². The van der Waals surface area contributed by atoms with E-state index in [2.05, 4.69) is 57.2 Å². The minimum atomic E-state index is -1.91. The van der Waals surface area contributed by atoms with Gasteiger partial charge >= 0.3 is 23.9 Å². The van der Waals surface area contributed by atoms with E-state index in [0.29, 0.717) is 19.3 Å². The number of hydrogen-bond donors (Lipinski definition) is 3. The number of allylic oxidation sites excluding steroid dienone is 8. The van der Waals surface area contributed by atoms with Crippen molar-refractivity contribution in [3.63, 3.8) is 0 Å². The number of aliphatic hydroxyl groups excluding tert-OH is 2. The average molecular weight is 1030 g/mol. The van der Waals surface area contributed by atoms with Gasteiger partial charge in [0.1, 0.15) is 18.8 Å². The molecule has 12 nitrogen and oxygen atoms in total. The number of carbonyl (C=O) groups is 4. The molecule has 3 N–H and O–H groups in total. The van der Waals surface area contributed by atoms with Gasteiger partial charge in [-0.1, -0.05) is 249 Å². The van der Waals surface area contributed by atoms with Gasteiger partial charge in [0.2, 0.25) is 0 Å². The van der Waals surface area contributed by atoms with Crippen LogP contribution in [-0.4, -0.2) is 89.2 Å². The second kappa shape index (κ2) is 49.6. The summed E-state index contributed by atoms with van der Waals surface area (Å²) in [5.41, 5.74) is 0. The maximum absolute atomic E-state index is 13.1. The molecule has 0 aliphatic carbocycles. The van der Waals surface area contributed by atoms with Crippen molar-refractivity contribution in [3.8, 4) is 0 Å². The van der Waals surface area contributed by atoms with Gasteiger partial charge in [-0.25, -0.2) is 4.79 Å². The van der Waals surface area contributed by atoms with E-state index in [-0.39, 0.29) is 25.9 Å². The van der Waals surface area contributed by atoms with Gasteiger partial charge in [0.25, 0.3) is 0 Å². The summed E-state index contributed by atoms with van der Waals surface area (Å²) < 4.78 is 28.3. The highest BCUT2D eigenvalue weighted by atomic mass is 16.7. The Morgan fingerprint density at radius 1 is 0.466 bits per heavy atom. The van der Waals surface area contributed by atoms with E-state index >= 15 is 0 Å². The van der Waals surface area contributed by atoms with Crippen molar-refractivity contribution in [1.29, 1.82) is 0 Å². The Morgan fingerprint density at radius 2 is 0.863 bits per heavy atom. The zero-order chi connectivity index (χ0) is 53.3. The van der Waals surface area contributed by atoms with Crippen LogP contribution >= 0.6 is 0 Å². The standard InChI is InChI=1S/C61H106O12/c1-4-7-10-13-16-19-22-24-25-26-27-28-29-31-34-37-40-43-46-49-55(64)72-59-57(66)56(65)58(60(67)68)73-61(59)70-51-52(71-54(63)48-45-42-39-36-32-21-18-15-12-9-6-3)50-69-53(62)47-44-41-38-35-33-30-23-20-17-14-11-8-5-2/h8,11,17,20,30,33,38,41,52,56-59,61,65-66H,4-7,9-10,12-16,18-19,21-29,31-32,34-37,39-40,42-51H2,1-3H3,(H,67,68)/b11-8-,20-17-,33-30-,41-38-. The third-order valence-corrected chi connectivity index (χ3v) is 13.4. The fourth-order valence-corrected chi connectivity index (χ4v) is 8.91. The van der Waals surface area contributed by atoms with Crippen LogP contribution in [0, 0.1) is 0 Å². The van der Waals surface area contributed by atoms with Crippen molar-refractivity contribution in [1.82, 2.24) is 0 Å². The number of carbonyl (C=O) groups excluding carboxylic acids is 3. The van der Waals surface area contributed by atoms with Crippen LogP contribution in [0.5, 0.6) is 0 Å². The highest BCUT2D eigenvalue weighted by Crippen LogP contribution is 2.26. The van der Waals surface area contributed by atoms with Crippen molar-refractivity contribution < 1.29 is 58.2 Å². The van der Waals surface area contributed by atoms with Crippen LogP contribution in [0.1, 0.15) is 265 Å². The van der Waals surface area contributed by atoms with Crippen LogP contribution in [0.15, 0.2) is 48.6 Å². The number of ether oxygens (including phenoxy) is 5. The molecule has 0 saturated carbocycles. The van der Waals surface area contributed by atoms with Crippen molar-refractivity contribution >= 4 is 23.9 Å². The highest BCUT2D eigenvalue weighted by molar-refractivity contribution is 5.74. The molecule has 0 aromatic heterocycles. The fourth-order valence-electron chi connectivity index (χ4n) is 8.91. The average Bonchev–Trinajstić information content (AvgIpc) is 3.37. The van der Waals surface area contributed by atoms with E-state index in [1.807, 2.05) is 12.2 Å². The second-order valence-corrected chi connectivity index (χ2v) is 20.3. The molecule has 1 aliphatic heterocycles. The molecule has 0 spiro atoms. The summed E-state index contributed by atoms with van der Waals surface area (Å²) in [6, 6.07) is 0. The maximum Gasteiger partial charge on any atom is 0.335 e. The Hall–Kier alpha value is -3.32. The Kier molecular flexibility index (Phi) is 45.9.